The molecular weight excluding hydrogens is 154 g/mol. The smallest absolute Gasteiger partial charge is 0.177 e. The lowest BCUT2D eigenvalue weighted by Crippen LogP contribution is -1.96. The second kappa shape index (κ2) is 2.57. The van der Waals surface area contributed by atoms with Gasteiger partial charge in [0.15, 0.2) is 5.65 Å². The Labute approximate surface area is 69.5 Å². The van der Waals surface area contributed by atoms with Gasteiger partial charge in [-0.2, -0.15) is 0 Å². The number of nitrogens with zero attached hydrogens (tertiary/aromatic N) is 3. The van der Waals surface area contributed by atoms with Crippen molar-refractivity contribution in [1.29, 1.82) is 0 Å². The molecule has 62 valence electrons. The molecule has 0 aliphatic heterocycles. The molecule has 1 N–H and O–H groups in total. The molecule has 0 atom stereocenters. The maximum Gasteiger partial charge on any atom is 0.177 e. The van der Waals surface area contributed by atoms with Gasteiger partial charge in [0.2, 0.25) is 0 Å². The summed E-state index contributed by atoms with van der Waals surface area (Å²) in [5.74, 6) is 0.642. The molecule has 4 heteroatoms. The summed E-state index contributed by atoms with van der Waals surface area (Å²) in [5.41, 5.74) is 1.63. The van der Waals surface area contributed by atoms with Crippen molar-refractivity contribution >= 4 is 11.2 Å². The van der Waals surface area contributed by atoms with Crippen molar-refractivity contribution in [3.63, 3.8) is 0 Å². The predicted molar refractivity (Wildman–Crippen MR) is 44.4 cm³/mol. The largest absolute Gasteiger partial charge is 0.388 e. The fraction of sp³-hybridized carbons (Fsp3) is 0.250. The van der Waals surface area contributed by atoms with E-state index >= 15 is 0 Å². The average molecular weight is 163 g/mol. The van der Waals surface area contributed by atoms with Gasteiger partial charge in [0.1, 0.15) is 12.4 Å². The van der Waals surface area contributed by atoms with Crippen LogP contribution in [0.4, 0.5) is 0 Å². The van der Waals surface area contributed by atoms with Crippen molar-refractivity contribution in [1.82, 2.24) is 14.5 Å². The fourth-order valence-electron chi connectivity index (χ4n) is 1.21. The molecule has 2 aromatic rings. The van der Waals surface area contributed by atoms with Gasteiger partial charge in [-0.25, -0.2) is 9.97 Å². The van der Waals surface area contributed by atoms with Crippen molar-refractivity contribution in [2.75, 3.05) is 0 Å². The predicted octanol–water partition coefficient (Wildman–Crippen LogP) is 0.461. The number of pyridine rings is 1. The van der Waals surface area contributed by atoms with Gasteiger partial charge < -0.3 is 9.67 Å². The topological polar surface area (TPSA) is 50.9 Å². The van der Waals surface area contributed by atoms with E-state index in [-0.39, 0.29) is 6.61 Å². The van der Waals surface area contributed by atoms with Crippen LogP contribution in [0.1, 0.15) is 5.82 Å². The lowest BCUT2D eigenvalue weighted by Gasteiger charge is -1.95. The van der Waals surface area contributed by atoms with Crippen LogP contribution in [0.25, 0.3) is 11.2 Å². The Hall–Kier alpha value is -1.42. The van der Waals surface area contributed by atoms with Gasteiger partial charge >= 0.3 is 0 Å². The van der Waals surface area contributed by atoms with Crippen LogP contribution in [0.2, 0.25) is 0 Å². The number of fused-ring (bicyclic) bond motifs is 1. The normalized spacial score (nSPS) is 10.8. The summed E-state index contributed by atoms with van der Waals surface area (Å²) in [5, 5.41) is 8.91. The molecule has 0 saturated carbocycles. The van der Waals surface area contributed by atoms with Gasteiger partial charge in [-0.1, -0.05) is 0 Å². The van der Waals surface area contributed by atoms with Crippen LogP contribution >= 0.6 is 0 Å². The SMILES string of the molecule is Cn1c(CO)nc2ncccc21. The number of aliphatic hydroxyl groups excluding tert-OH is 1. The molecular formula is C8H9N3O. The van der Waals surface area contributed by atoms with Gasteiger partial charge in [0.05, 0.1) is 5.52 Å². The van der Waals surface area contributed by atoms with Crippen LogP contribution in [0.15, 0.2) is 18.3 Å². The minimum atomic E-state index is -0.0488. The first-order valence-electron chi connectivity index (χ1n) is 3.70. The van der Waals surface area contributed by atoms with Gasteiger partial charge in [0.25, 0.3) is 0 Å². The zero-order valence-electron chi connectivity index (χ0n) is 6.73. The summed E-state index contributed by atoms with van der Waals surface area (Å²) < 4.78 is 1.84. The summed E-state index contributed by atoms with van der Waals surface area (Å²) in [4.78, 5) is 8.20. The summed E-state index contributed by atoms with van der Waals surface area (Å²) in [7, 11) is 1.86. The third kappa shape index (κ3) is 0.887. The first-order valence-corrected chi connectivity index (χ1v) is 3.70. The van der Waals surface area contributed by atoms with Crippen molar-refractivity contribution < 1.29 is 5.11 Å². The molecule has 2 rings (SSSR count). The van der Waals surface area contributed by atoms with Crippen molar-refractivity contribution in [2.45, 2.75) is 6.61 Å². The molecule has 0 aliphatic carbocycles. The monoisotopic (exact) mass is 163 g/mol. The summed E-state index contributed by atoms with van der Waals surface area (Å²) >= 11 is 0. The van der Waals surface area contributed by atoms with E-state index in [1.54, 1.807) is 6.20 Å². The van der Waals surface area contributed by atoms with Crippen molar-refractivity contribution in [3.05, 3.63) is 24.2 Å². The standard InChI is InChI=1S/C8H9N3O/c1-11-6-3-2-4-9-8(6)10-7(11)5-12/h2-4,12H,5H2,1H3. The average Bonchev–Trinajstić information content (AvgIpc) is 2.44. The van der Waals surface area contributed by atoms with E-state index in [0.717, 1.165) is 5.52 Å². The fourth-order valence-corrected chi connectivity index (χ4v) is 1.21. The van der Waals surface area contributed by atoms with Crippen LogP contribution in [-0.4, -0.2) is 19.6 Å². The highest BCUT2D eigenvalue weighted by atomic mass is 16.3. The van der Waals surface area contributed by atoms with Crippen LogP contribution in [0, 0.1) is 0 Å². The maximum absolute atomic E-state index is 8.91. The van der Waals surface area contributed by atoms with Crippen molar-refractivity contribution in [2.24, 2.45) is 7.05 Å². The molecule has 0 bridgehead atoms. The van der Waals surface area contributed by atoms with E-state index < -0.39 is 0 Å². The Morgan fingerprint density at radius 3 is 3.08 bits per heavy atom. The van der Waals surface area contributed by atoms with Crippen LogP contribution in [0.5, 0.6) is 0 Å². The summed E-state index contributed by atoms with van der Waals surface area (Å²) in [6.07, 6.45) is 1.69. The van der Waals surface area contributed by atoms with Gasteiger partial charge in [0, 0.05) is 13.2 Å². The number of imidazole rings is 1. The van der Waals surface area contributed by atoms with E-state index in [1.807, 2.05) is 23.7 Å². The first-order chi connectivity index (χ1) is 5.83. The molecule has 0 amide bonds. The first kappa shape index (κ1) is 7.24. The molecule has 0 spiro atoms. The summed E-state index contributed by atoms with van der Waals surface area (Å²) in [6, 6.07) is 3.78. The van der Waals surface area contributed by atoms with E-state index in [0.29, 0.717) is 11.5 Å². The second-order valence-electron chi connectivity index (χ2n) is 2.59. The zero-order valence-corrected chi connectivity index (χ0v) is 6.73. The minimum absolute atomic E-state index is 0.0488. The Balaban J connectivity index is 2.78. The highest BCUT2D eigenvalue weighted by Crippen LogP contribution is 2.10. The molecule has 2 heterocycles. The van der Waals surface area contributed by atoms with Crippen LogP contribution in [-0.2, 0) is 13.7 Å². The number of hydrogen-bond acceptors (Lipinski definition) is 3. The Morgan fingerprint density at radius 2 is 2.42 bits per heavy atom. The number of aryl methyl sites for hydroxylation is 1. The number of aromatic nitrogens is 3. The van der Waals surface area contributed by atoms with Crippen molar-refractivity contribution in [3.8, 4) is 0 Å². The molecule has 12 heavy (non-hydrogen) atoms. The molecule has 0 aliphatic rings. The third-order valence-electron chi connectivity index (χ3n) is 1.89. The van der Waals surface area contributed by atoms with E-state index in [4.69, 9.17) is 5.11 Å². The van der Waals surface area contributed by atoms with E-state index in [9.17, 15) is 0 Å². The van der Waals surface area contributed by atoms with E-state index in [2.05, 4.69) is 9.97 Å². The maximum atomic E-state index is 8.91. The van der Waals surface area contributed by atoms with Gasteiger partial charge in [-0.15, -0.1) is 0 Å². The Morgan fingerprint density at radius 1 is 1.58 bits per heavy atom. The quantitative estimate of drug-likeness (QED) is 0.664. The van der Waals surface area contributed by atoms with Gasteiger partial charge in [-0.3, -0.25) is 0 Å². The van der Waals surface area contributed by atoms with Crippen LogP contribution in [0.3, 0.4) is 0 Å². The molecule has 0 saturated heterocycles. The van der Waals surface area contributed by atoms with E-state index in [1.165, 1.54) is 0 Å². The molecule has 4 nitrogen and oxygen atoms in total. The Bertz CT molecular complexity index is 408. The molecule has 0 radical (unpaired) electrons. The number of aliphatic hydroxyl groups is 1. The molecule has 0 aromatic carbocycles. The highest BCUT2D eigenvalue weighted by Gasteiger charge is 2.05. The highest BCUT2D eigenvalue weighted by molar-refractivity contribution is 5.70. The summed E-state index contributed by atoms with van der Waals surface area (Å²) in [6.45, 7) is -0.0488. The number of hydrogen-bond donors (Lipinski definition) is 1. The zero-order chi connectivity index (χ0) is 8.55. The third-order valence-corrected chi connectivity index (χ3v) is 1.89. The second-order valence-corrected chi connectivity index (χ2v) is 2.59. The Kier molecular flexibility index (Phi) is 1.55. The van der Waals surface area contributed by atoms with Gasteiger partial charge in [-0.05, 0) is 12.1 Å². The molecule has 0 unspecified atom stereocenters. The number of rotatable bonds is 1. The van der Waals surface area contributed by atoms with Crippen LogP contribution < -0.4 is 0 Å². The lowest BCUT2D eigenvalue weighted by molar-refractivity contribution is 0.268. The molecule has 2 aromatic heterocycles. The minimum Gasteiger partial charge on any atom is -0.388 e. The molecule has 0 fully saturated rings. The lowest BCUT2D eigenvalue weighted by atomic mass is 10.4.